The summed E-state index contributed by atoms with van der Waals surface area (Å²) in [6.07, 6.45) is 4.65. The normalized spacial score (nSPS) is 18.3. The molecular formula is C13H19N3O2. The quantitative estimate of drug-likeness (QED) is 0.818. The molecule has 0 aliphatic carbocycles. The monoisotopic (exact) mass is 249 g/mol. The summed E-state index contributed by atoms with van der Waals surface area (Å²) in [6.45, 7) is 3.57. The van der Waals surface area contributed by atoms with Crippen molar-refractivity contribution in [3.8, 4) is 0 Å². The van der Waals surface area contributed by atoms with Crippen LogP contribution >= 0.6 is 0 Å². The van der Waals surface area contributed by atoms with Crippen molar-refractivity contribution in [3.05, 3.63) is 29.6 Å². The number of nitrogens with one attached hydrogen (secondary N) is 1. The number of ether oxygens (including phenoxy) is 1. The van der Waals surface area contributed by atoms with Crippen LogP contribution in [-0.4, -0.2) is 29.6 Å². The Bertz CT molecular complexity index is 428. The predicted molar refractivity (Wildman–Crippen MR) is 67.8 cm³/mol. The molecule has 0 bridgehead atoms. The summed E-state index contributed by atoms with van der Waals surface area (Å²) >= 11 is 0. The van der Waals surface area contributed by atoms with E-state index >= 15 is 0 Å². The number of aryl methyl sites for hydroxylation is 1. The zero-order valence-electron chi connectivity index (χ0n) is 10.6. The van der Waals surface area contributed by atoms with E-state index in [-0.39, 0.29) is 5.91 Å². The summed E-state index contributed by atoms with van der Waals surface area (Å²) in [5.41, 5.74) is 7.44. The summed E-state index contributed by atoms with van der Waals surface area (Å²) in [4.78, 5) is 16.1. The van der Waals surface area contributed by atoms with Gasteiger partial charge < -0.3 is 15.8 Å². The molecule has 0 atom stereocenters. The van der Waals surface area contributed by atoms with E-state index in [4.69, 9.17) is 10.5 Å². The summed E-state index contributed by atoms with van der Waals surface area (Å²) < 4.78 is 5.23. The van der Waals surface area contributed by atoms with E-state index < -0.39 is 5.54 Å². The molecule has 0 radical (unpaired) electrons. The minimum atomic E-state index is -0.783. The van der Waals surface area contributed by atoms with Gasteiger partial charge in [-0.3, -0.25) is 9.78 Å². The van der Waals surface area contributed by atoms with Gasteiger partial charge >= 0.3 is 0 Å². The summed E-state index contributed by atoms with van der Waals surface area (Å²) in [7, 11) is 0. The maximum atomic E-state index is 12.1. The molecule has 5 nitrogen and oxygen atoms in total. The molecule has 1 aromatic rings. The lowest BCUT2D eigenvalue weighted by molar-refractivity contribution is -0.129. The number of rotatable bonds is 3. The van der Waals surface area contributed by atoms with Gasteiger partial charge in [-0.2, -0.15) is 0 Å². The van der Waals surface area contributed by atoms with Gasteiger partial charge in [-0.05, 0) is 37.0 Å². The largest absolute Gasteiger partial charge is 0.381 e. The van der Waals surface area contributed by atoms with Crippen molar-refractivity contribution in [2.45, 2.75) is 31.8 Å². The Hall–Kier alpha value is -1.46. The van der Waals surface area contributed by atoms with Crippen molar-refractivity contribution < 1.29 is 9.53 Å². The minimum Gasteiger partial charge on any atom is -0.381 e. The van der Waals surface area contributed by atoms with Gasteiger partial charge in [0.1, 0.15) is 0 Å². The van der Waals surface area contributed by atoms with Crippen LogP contribution in [0.3, 0.4) is 0 Å². The predicted octanol–water partition coefficient (Wildman–Crippen LogP) is 0.514. The van der Waals surface area contributed by atoms with Crippen LogP contribution in [0.4, 0.5) is 0 Å². The molecule has 0 saturated carbocycles. The van der Waals surface area contributed by atoms with E-state index in [1.165, 1.54) is 0 Å². The molecule has 1 amide bonds. The third-order valence-corrected chi connectivity index (χ3v) is 3.42. The van der Waals surface area contributed by atoms with Crippen LogP contribution in [0.1, 0.15) is 24.0 Å². The molecule has 1 fully saturated rings. The molecule has 0 spiro atoms. The van der Waals surface area contributed by atoms with Crippen LogP contribution in [0.25, 0.3) is 0 Å². The van der Waals surface area contributed by atoms with Crippen LogP contribution < -0.4 is 11.1 Å². The summed E-state index contributed by atoms with van der Waals surface area (Å²) in [5, 5.41) is 2.89. The standard InChI is InChI=1S/C13H19N3O2/c1-10-2-5-15-8-11(10)9-16-12(17)13(14)3-6-18-7-4-13/h2,5,8H,3-4,6-7,9,14H2,1H3,(H,16,17). The molecule has 98 valence electrons. The molecule has 1 aliphatic heterocycles. The lowest BCUT2D eigenvalue weighted by Crippen LogP contribution is -2.56. The first-order chi connectivity index (χ1) is 8.62. The van der Waals surface area contributed by atoms with Crippen LogP contribution in [0, 0.1) is 6.92 Å². The van der Waals surface area contributed by atoms with E-state index in [0.29, 0.717) is 32.6 Å². The number of pyridine rings is 1. The Morgan fingerprint density at radius 3 is 2.94 bits per heavy atom. The molecule has 3 N–H and O–H groups in total. The van der Waals surface area contributed by atoms with Crippen LogP contribution in [0.2, 0.25) is 0 Å². The minimum absolute atomic E-state index is 0.103. The molecule has 5 heteroatoms. The van der Waals surface area contributed by atoms with Gasteiger partial charge in [0, 0.05) is 32.2 Å². The first-order valence-corrected chi connectivity index (χ1v) is 6.16. The highest BCUT2D eigenvalue weighted by Gasteiger charge is 2.35. The van der Waals surface area contributed by atoms with Crippen molar-refractivity contribution in [1.82, 2.24) is 10.3 Å². The molecule has 0 aromatic carbocycles. The van der Waals surface area contributed by atoms with E-state index in [2.05, 4.69) is 10.3 Å². The first kappa shape index (κ1) is 13.0. The van der Waals surface area contributed by atoms with Crippen LogP contribution in [0.15, 0.2) is 18.5 Å². The third kappa shape index (κ3) is 2.86. The smallest absolute Gasteiger partial charge is 0.240 e. The highest BCUT2D eigenvalue weighted by molar-refractivity contribution is 5.86. The molecule has 2 rings (SSSR count). The van der Waals surface area contributed by atoms with Crippen molar-refractivity contribution in [2.75, 3.05) is 13.2 Å². The Morgan fingerprint density at radius 2 is 2.28 bits per heavy atom. The van der Waals surface area contributed by atoms with E-state index in [1.807, 2.05) is 13.0 Å². The highest BCUT2D eigenvalue weighted by Crippen LogP contribution is 2.18. The second kappa shape index (κ2) is 5.46. The van der Waals surface area contributed by atoms with Gasteiger partial charge in [0.15, 0.2) is 0 Å². The maximum Gasteiger partial charge on any atom is 0.240 e. The van der Waals surface area contributed by atoms with Gasteiger partial charge in [-0.15, -0.1) is 0 Å². The zero-order valence-corrected chi connectivity index (χ0v) is 10.6. The van der Waals surface area contributed by atoms with Gasteiger partial charge in [-0.1, -0.05) is 0 Å². The molecule has 18 heavy (non-hydrogen) atoms. The SMILES string of the molecule is Cc1ccncc1CNC(=O)C1(N)CCOCC1. The van der Waals surface area contributed by atoms with Crippen molar-refractivity contribution in [1.29, 1.82) is 0 Å². The number of carbonyl (C=O) groups excluding carboxylic acids is 1. The average Bonchev–Trinajstić information content (AvgIpc) is 2.38. The van der Waals surface area contributed by atoms with Gasteiger partial charge in [0.05, 0.1) is 5.54 Å². The second-order valence-corrected chi connectivity index (χ2v) is 4.75. The lowest BCUT2D eigenvalue weighted by atomic mass is 9.90. The van der Waals surface area contributed by atoms with Crippen LogP contribution in [-0.2, 0) is 16.1 Å². The summed E-state index contributed by atoms with van der Waals surface area (Å²) in [6, 6.07) is 1.92. The number of carbonyl (C=O) groups is 1. The zero-order chi connectivity index (χ0) is 13.0. The Balaban J connectivity index is 1.94. The van der Waals surface area contributed by atoms with Crippen LogP contribution in [0.5, 0.6) is 0 Å². The maximum absolute atomic E-state index is 12.1. The topological polar surface area (TPSA) is 77.2 Å². The molecule has 1 aromatic heterocycles. The summed E-state index contributed by atoms with van der Waals surface area (Å²) in [5.74, 6) is -0.103. The molecular weight excluding hydrogens is 230 g/mol. The van der Waals surface area contributed by atoms with Gasteiger partial charge in [0.25, 0.3) is 0 Å². The number of aromatic nitrogens is 1. The van der Waals surface area contributed by atoms with Crippen molar-refractivity contribution in [2.24, 2.45) is 5.73 Å². The van der Waals surface area contributed by atoms with Crippen molar-refractivity contribution >= 4 is 5.91 Å². The molecule has 0 unspecified atom stereocenters. The number of hydrogen-bond donors (Lipinski definition) is 2. The highest BCUT2D eigenvalue weighted by atomic mass is 16.5. The molecule has 1 aliphatic rings. The fourth-order valence-electron chi connectivity index (χ4n) is 2.00. The lowest BCUT2D eigenvalue weighted by Gasteiger charge is -2.31. The second-order valence-electron chi connectivity index (χ2n) is 4.75. The van der Waals surface area contributed by atoms with Crippen molar-refractivity contribution in [3.63, 3.8) is 0 Å². The Kier molecular flexibility index (Phi) is 3.93. The fraction of sp³-hybridized carbons (Fsp3) is 0.538. The number of nitrogens with zero attached hydrogens (tertiary/aromatic N) is 1. The Morgan fingerprint density at radius 1 is 1.56 bits per heavy atom. The number of hydrogen-bond acceptors (Lipinski definition) is 4. The molecule has 2 heterocycles. The average molecular weight is 249 g/mol. The van der Waals surface area contributed by atoms with E-state index in [0.717, 1.165) is 11.1 Å². The fourth-order valence-corrected chi connectivity index (χ4v) is 2.00. The Labute approximate surface area is 107 Å². The number of nitrogens with two attached hydrogens (primary N) is 1. The van der Waals surface area contributed by atoms with Gasteiger partial charge in [-0.25, -0.2) is 0 Å². The van der Waals surface area contributed by atoms with E-state index in [1.54, 1.807) is 12.4 Å². The number of amides is 1. The third-order valence-electron chi connectivity index (χ3n) is 3.42. The van der Waals surface area contributed by atoms with E-state index in [9.17, 15) is 4.79 Å². The van der Waals surface area contributed by atoms with Gasteiger partial charge in [0.2, 0.25) is 5.91 Å². The molecule has 1 saturated heterocycles. The first-order valence-electron chi connectivity index (χ1n) is 6.16.